The second-order valence-corrected chi connectivity index (χ2v) is 5.40. The van der Waals surface area contributed by atoms with Crippen LogP contribution in [0.5, 0.6) is 0 Å². The molecular formula is C17H18F3IN4O2. The molecule has 0 saturated heterocycles. The number of guanidine groups is 1. The number of non-ortho nitro benzene ring substituents is 1. The zero-order valence-corrected chi connectivity index (χ0v) is 16.6. The summed E-state index contributed by atoms with van der Waals surface area (Å²) in [5, 5.41) is 16.6. The molecule has 6 nitrogen and oxygen atoms in total. The van der Waals surface area contributed by atoms with Crippen molar-refractivity contribution in [3.8, 4) is 0 Å². The van der Waals surface area contributed by atoms with E-state index in [1.165, 1.54) is 24.3 Å². The van der Waals surface area contributed by atoms with Crippen LogP contribution in [0.4, 0.5) is 18.9 Å². The summed E-state index contributed by atoms with van der Waals surface area (Å²) in [6, 6.07) is 11.0. The summed E-state index contributed by atoms with van der Waals surface area (Å²) in [6.07, 6.45) is -4.35. The molecule has 146 valence electrons. The zero-order valence-electron chi connectivity index (χ0n) is 14.3. The number of benzene rings is 2. The molecule has 0 spiro atoms. The molecule has 2 aromatic carbocycles. The molecule has 2 aromatic rings. The lowest BCUT2D eigenvalue weighted by molar-refractivity contribution is -0.384. The van der Waals surface area contributed by atoms with Gasteiger partial charge in [-0.1, -0.05) is 24.3 Å². The molecule has 0 fully saturated rings. The first-order valence-electron chi connectivity index (χ1n) is 7.63. The Kier molecular flexibility index (Phi) is 8.47. The van der Waals surface area contributed by atoms with Crippen LogP contribution in [0.1, 0.15) is 16.7 Å². The molecule has 2 rings (SSSR count). The Morgan fingerprint density at radius 3 is 1.81 bits per heavy atom. The van der Waals surface area contributed by atoms with E-state index in [9.17, 15) is 23.3 Å². The lowest BCUT2D eigenvalue weighted by Gasteiger charge is -2.13. The first-order valence-corrected chi connectivity index (χ1v) is 7.63. The van der Waals surface area contributed by atoms with E-state index in [-0.39, 0.29) is 29.7 Å². The van der Waals surface area contributed by atoms with Crippen molar-refractivity contribution in [1.29, 1.82) is 0 Å². The SMILES string of the molecule is CN=C(NCc1ccc([N+](=O)[O-])cc1)NCc1ccc(C(F)(F)F)cc1.I. The Hall–Kier alpha value is -2.37. The summed E-state index contributed by atoms with van der Waals surface area (Å²) >= 11 is 0. The van der Waals surface area contributed by atoms with Crippen molar-refractivity contribution < 1.29 is 18.1 Å². The fourth-order valence-electron chi connectivity index (χ4n) is 2.14. The van der Waals surface area contributed by atoms with Crippen LogP contribution >= 0.6 is 24.0 Å². The van der Waals surface area contributed by atoms with Crippen LogP contribution in [0.2, 0.25) is 0 Å². The molecule has 0 bridgehead atoms. The Morgan fingerprint density at radius 2 is 1.44 bits per heavy atom. The van der Waals surface area contributed by atoms with Crippen LogP contribution < -0.4 is 10.6 Å². The van der Waals surface area contributed by atoms with Crippen molar-refractivity contribution in [2.24, 2.45) is 4.99 Å². The van der Waals surface area contributed by atoms with Crippen molar-refractivity contribution in [3.05, 3.63) is 75.3 Å². The largest absolute Gasteiger partial charge is 0.416 e. The maximum absolute atomic E-state index is 12.5. The van der Waals surface area contributed by atoms with Gasteiger partial charge in [0.2, 0.25) is 0 Å². The van der Waals surface area contributed by atoms with Crippen molar-refractivity contribution in [2.75, 3.05) is 7.05 Å². The van der Waals surface area contributed by atoms with Gasteiger partial charge >= 0.3 is 6.18 Å². The highest BCUT2D eigenvalue weighted by Gasteiger charge is 2.29. The van der Waals surface area contributed by atoms with Gasteiger partial charge in [-0.15, -0.1) is 24.0 Å². The van der Waals surface area contributed by atoms with E-state index >= 15 is 0 Å². The summed E-state index contributed by atoms with van der Waals surface area (Å²) in [5.74, 6) is 0.461. The first-order chi connectivity index (χ1) is 12.3. The Labute approximate surface area is 171 Å². The van der Waals surface area contributed by atoms with Crippen LogP contribution in [0, 0.1) is 10.1 Å². The summed E-state index contributed by atoms with van der Waals surface area (Å²) in [4.78, 5) is 14.2. The lowest BCUT2D eigenvalue weighted by atomic mass is 10.1. The smallest absolute Gasteiger partial charge is 0.352 e. The Morgan fingerprint density at radius 1 is 1.00 bits per heavy atom. The van der Waals surface area contributed by atoms with Crippen LogP contribution in [0.3, 0.4) is 0 Å². The number of hydrogen-bond acceptors (Lipinski definition) is 3. The van der Waals surface area contributed by atoms with Gasteiger partial charge in [0.05, 0.1) is 10.5 Å². The van der Waals surface area contributed by atoms with Crippen LogP contribution in [0.25, 0.3) is 0 Å². The molecule has 2 N–H and O–H groups in total. The van der Waals surface area contributed by atoms with Gasteiger partial charge in [0.1, 0.15) is 0 Å². The second-order valence-electron chi connectivity index (χ2n) is 5.40. The topological polar surface area (TPSA) is 79.6 Å². The highest BCUT2D eigenvalue weighted by atomic mass is 127. The number of halogens is 4. The van der Waals surface area contributed by atoms with Crippen molar-refractivity contribution in [3.63, 3.8) is 0 Å². The van der Waals surface area contributed by atoms with Crippen LogP contribution in [-0.2, 0) is 19.3 Å². The number of hydrogen-bond donors (Lipinski definition) is 2. The van der Waals surface area contributed by atoms with Crippen molar-refractivity contribution in [1.82, 2.24) is 10.6 Å². The summed E-state index contributed by atoms with van der Waals surface area (Å²) in [6.45, 7) is 0.697. The van der Waals surface area contributed by atoms with Crippen LogP contribution in [-0.4, -0.2) is 17.9 Å². The summed E-state index contributed by atoms with van der Waals surface area (Å²) in [7, 11) is 1.57. The van der Waals surface area contributed by atoms with Crippen LogP contribution in [0.15, 0.2) is 53.5 Å². The fourth-order valence-corrected chi connectivity index (χ4v) is 2.14. The third kappa shape index (κ3) is 7.04. The number of rotatable bonds is 5. The minimum atomic E-state index is -4.35. The monoisotopic (exact) mass is 494 g/mol. The van der Waals surface area contributed by atoms with E-state index in [1.54, 1.807) is 19.2 Å². The van der Waals surface area contributed by atoms with Gasteiger partial charge < -0.3 is 10.6 Å². The maximum Gasteiger partial charge on any atom is 0.416 e. The third-order valence-electron chi connectivity index (χ3n) is 3.57. The molecule has 0 aliphatic rings. The average Bonchev–Trinajstić information content (AvgIpc) is 2.62. The minimum Gasteiger partial charge on any atom is -0.352 e. The Bertz CT molecular complexity index is 778. The predicted octanol–water partition coefficient (Wildman–Crippen LogP) is 4.10. The molecule has 27 heavy (non-hydrogen) atoms. The van der Waals surface area contributed by atoms with Gasteiger partial charge in [0.25, 0.3) is 5.69 Å². The van der Waals surface area contributed by atoms with E-state index < -0.39 is 16.7 Å². The standard InChI is InChI=1S/C17H17F3N4O2.HI/c1-21-16(23-11-13-4-8-15(9-5-13)24(25)26)22-10-12-2-6-14(7-3-12)17(18,19)20;/h2-9H,10-11H2,1H3,(H2,21,22,23);1H. The average molecular weight is 494 g/mol. The summed E-state index contributed by atoms with van der Waals surface area (Å²) in [5.41, 5.74) is 0.824. The molecule has 0 unspecified atom stereocenters. The molecule has 0 amide bonds. The molecular weight excluding hydrogens is 476 g/mol. The highest BCUT2D eigenvalue weighted by Crippen LogP contribution is 2.29. The molecule has 0 aliphatic heterocycles. The maximum atomic E-state index is 12.5. The number of alkyl halides is 3. The molecule has 10 heteroatoms. The number of nitro benzene ring substituents is 1. The molecule has 0 radical (unpaired) electrons. The van der Waals surface area contributed by atoms with E-state index in [0.717, 1.165) is 17.7 Å². The first kappa shape index (κ1) is 22.7. The molecule has 0 saturated carbocycles. The summed E-state index contributed by atoms with van der Waals surface area (Å²) < 4.78 is 37.6. The van der Waals surface area contributed by atoms with Gasteiger partial charge in [0.15, 0.2) is 5.96 Å². The van der Waals surface area contributed by atoms with Gasteiger partial charge in [-0.2, -0.15) is 13.2 Å². The van der Waals surface area contributed by atoms with E-state index in [2.05, 4.69) is 15.6 Å². The van der Waals surface area contributed by atoms with E-state index in [0.29, 0.717) is 24.6 Å². The molecule has 0 aliphatic carbocycles. The zero-order chi connectivity index (χ0) is 19.2. The molecule has 0 atom stereocenters. The second kappa shape index (κ2) is 10.1. The Balaban J connectivity index is 0.00000364. The normalized spacial score (nSPS) is 11.5. The predicted molar refractivity (Wildman–Crippen MR) is 107 cm³/mol. The van der Waals surface area contributed by atoms with E-state index in [1.807, 2.05) is 0 Å². The fraction of sp³-hybridized carbons (Fsp3) is 0.235. The van der Waals surface area contributed by atoms with Gasteiger partial charge in [-0.25, -0.2) is 0 Å². The molecule has 0 heterocycles. The van der Waals surface area contributed by atoms with Gasteiger partial charge in [-0.05, 0) is 23.3 Å². The quantitative estimate of drug-likeness (QED) is 0.216. The van der Waals surface area contributed by atoms with E-state index in [4.69, 9.17) is 0 Å². The molecule has 0 aromatic heterocycles. The number of nitrogens with one attached hydrogen (secondary N) is 2. The highest BCUT2D eigenvalue weighted by molar-refractivity contribution is 14.0. The minimum absolute atomic E-state index is 0. The van der Waals surface area contributed by atoms with Crippen molar-refractivity contribution >= 4 is 35.6 Å². The number of nitro groups is 1. The van der Waals surface area contributed by atoms with Gasteiger partial charge in [0, 0.05) is 32.3 Å². The van der Waals surface area contributed by atoms with Gasteiger partial charge in [-0.3, -0.25) is 15.1 Å². The van der Waals surface area contributed by atoms with Crippen molar-refractivity contribution in [2.45, 2.75) is 19.3 Å². The number of nitrogens with zero attached hydrogens (tertiary/aromatic N) is 2. The lowest BCUT2D eigenvalue weighted by Crippen LogP contribution is -2.36. The third-order valence-corrected chi connectivity index (χ3v) is 3.57. The number of aliphatic imine (C=N–C) groups is 1.